The molecule has 3 nitrogen and oxygen atoms in total. The molecule has 3 N–H and O–H groups in total. The summed E-state index contributed by atoms with van der Waals surface area (Å²) in [5, 5.41) is 3.18. The summed E-state index contributed by atoms with van der Waals surface area (Å²) in [4.78, 5) is 12.2. The first-order chi connectivity index (χ1) is 9.21. The van der Waals surface area contributed by atoms with Crippen molar-refractivity contribution in [3.05, 3.63) is 0 Å². The van der Waals surface area contributed by atoms with Gasteiger partial charge in [-0.2, -0.15) is 0 Å². The first-order valence-electron chi connectivity index (χ1n) is 8.21. The first kappa shape index (κ1) is 16.5. The molecule has 0 aromatic rings. The lowest BCUT2D eigenvalue weighted by atomic mass is 9.79. The Hall–Kier alpha value is -0.570. The topological polar surface area (TPSA) is 55.1 Å². The van der Waals surface area contributed by atoms with E-state index in [1.807, 2.05) is 0 Å². The molecule has 0 aromatic heterocycles. The largest absolute Gasteiger partial charge is 0.353 e. The maximum Gasteiger partial charge on any atom is 0.223 e. The van der Waals surface area contributed by atoms with E-state index in [0.717, 1.165) is 31.6 Å². The third kappa shape index (κ3) is 5.94. The van der Waals surface area contributed by atoms with Crippen LogP contribution in [0.25, 0.3) is 0 Å². The predicted octanol–water partition coefficient (Wildman–Crippen LogP) is 3.23. The second kappa shape index (κ2) is 9.35. The number of unbranched alkanes of at least 4 members (excludes halogenated alkanes) is 1. The van der Waals surface area contributed by atoms with Crippen molar-refractivity contribution in [1.82, 2.24) is 5.32 Å². The molecule has 0 aliphatic heterocycles. The summed E-state index contributed by atoms with van der Waals surface area (Å²) in [6, 6.07) is 0.273. The minimum Gasteiger partial charge on any atom is -0.353 e. The quantitative estimate of drug-likeness (QED) is 0.710. The summed E-state index contributed by atoms with van der Waals surface area (Å²) in [7, 11) is 0. The normalized spacial score (nSPS) is 25.0. The van der Waals surface area contributed by atoms with Gasteiger partial charge in [0.2, 0.25) is 5.91 Å². The molecule has 1 fully saturated rings. The molecule has 1 amide bonds. The highest BCUT2D eigenvalue weighted by Crippen LogP contribution is 2.32. The van der Waals surface area contributed by atoms with Crippen LogP contribution in [0.4, 0.5) is 0 Å². The molecule has 0 aromatic carbocycles. The van der Waals surface area contributed by atoms with Crippen LogP contribution in [0, 0.1) is 11.8 Å². The number of carbonyl (C=O) groups is 1. The van der Waals surface area contributed by atoms with Gasteiger partial charge in [-0.15, -0.1) is 0 Å². The molecule has 0 saturated heterocycles. The molecule has 0 heterocycles. The lowest BCUT2D eigenvalue weighted by Crippen LogP contribution is -2.40. The Labute approximate surface area is 118 Å². The summed E-state index contributed by atoms with van der Waals surface area (Å²) in [5.74, 6) is 1.40. The smallest absolute Gasteiger partial charge is 0.223 e. The minimum absolute atomic E-state index is 0.254. The summed E-state index contributed by atoms with van der Waals surface area (Å²) < 4.78 is 0. The molecular weight excluding hydrogens is 236 g/mol. The fraction of sp³-hybridized carbons (Fsp3) is 0.938. The van der Waals surface area contributed by atoms with Gasteiger partial charge in [0.1, 0.15) is 0 Å². The fourth-order valence-electron chi connectivity index (χ4n) is 3.10. The predicted molar refractivity (Wildman–Crippen MR) is 80.9 cm³/mol. The van der Waals surface area contributed by atoms with E-state index in [0.29, 0.717) is 6.54 Å². The van der Waals surface area contributed by atoms with Crippen LogP contribution in [-0.2, 0) is 4.79 Å². The van der Waals surface area contributed by atoms with Crippen molar-refractivity contribution < 1.29 is 4.79 Å². The van der Waals surface area contributed by atoms with E-state index < -0.39 is 0 Å². The van der Waals surface area contributed by atoms with Crippen molar-refractivity contribution >= 4 is 5.91 Å². The second-order valence-electron chi connectivity index (χ2n) is 6.05. The van der Waals surface area contributed by atoms with Gasteiger partial charge in [-0.1, -0.05) is 33.1 Å². The Balaban J connectivity index is 2.28. The zero-order valence-electron chi connectivity index (χ0n) is 12.8. The zero-order valence-corrected chi connectivity index (χ0v) is 12.8. The van der Waals surface area contributed by atoms with E-state index in [9.17, 15) is 4.79 Å². The molecule has 1 aliphatic carbocycles. The van der Waals surface area contributed by atoms with Gasteiger partial charge in [0.25, 0.3) is 0 Å². The number of rotatable bonds is 8. The molecule has 3 heteroatoms. The van der Waals surface area contributed by atoms with Gasteiger partial charge in [0, 0.05) is 12.0 Å². The molecule has 1 rings (SSSR count). The molecular formula is C16H32N2O. The standard InChI is InChI=1S/C16H32N2O/c1-3-5-6-13-7-9-14(10-8-13)16(19)18-15(4-2)11-12-17/h13-15H,3-12,17H2,1-2H3,(H,18,19). The van der Waals surface area contributed by atoms with Crippen LogP contribution in [0.15, 0.2) is 0 Å². The summed E-state index contributed by atoms with van der Waals surface area (Å²) in [5.41, 5.74) is 5.57. The van der Waals surface area contributed by atoms with Crippen LogP contribution in [-0.4, -0.2) is 18.5 Å². The van der Waals surface area contributed by atoms with Crippen molar-refractivity contribution in [3.63, 3.8) is 0 Å². The Bertz CT molecular complexity index is 247. The lowest BCUT2D eigenvalue weighted by molar-refractivity contribution is -0.127. The Morgan fingerprint density at radius 3 is 2.47 bits per heavy atom. The number of amides is 1. The van der Waals surface area contributed by atoms with Gasteiger partial charge in [0.15, 0.2) is 0 Å². The monoisotopic (exact) mass is 268 g/mol. The number of nitrogens with one attached hydrogen (secondary N) is 1. The molecule has 112 valence electrons. The highest BCUT2D eigenvalue weighted by atomic mass is 16.1. The highest BCUT2D eigenvalue weighted by molar-refractivity contribution is 5.79. The average Bonchev–Trinajstić information content (AvgIpc) is 2.45. The van der Waals surface area contributed by atoms with E-state index in [1.165, 1.54) is 32.1 Å². The van der Waals surface area contributed by atoms with E-state index in [-0.39, 0.29) is 17.9 Å². The van der Waals surface area contributed by atoms with Gasteiger partial charge < -0.3 is 11.1 Å². The summed E-state index contributed by atoms with van der Waals surface area (Å²) in [6.07, 6.45) is 10.5. The summed E-state index contributed by atoms with van der Waals surface area (Å²) in [6.45, 7) is 5.02. The molecule has 0 spiro atoms. The van der Waals surface area contributed by atoms with Gasteiger partial charge >= 0.3 is 0 Å². The van der Waals surface area contributed by atoms with E-state index >= 15 is 0 Å². The maximum atomic E-state index is 12.2. The molecule has 1 unspecified atom stereocenters. The fourth-order valence-corrected chi connectivity index (χ4v) is 3.10. The third-order valence-corrected chi connectivity index (χ3v) is 4.54. The average molecular weight is 268 g/mol. The van der Waals surface area contributed by atoms with Gasteiger partial charge in [-0.3, -0.25) is 4.79 Å². The van der Waals surface area contributed by atoms with Crippen LogP contribution < -0.4 is 11.1 Å². The van der Waals surface area contributed by atoms with Crippen molar-refractivity contribution in [2.24, 2.45) is 17.6 Å². The SMILES string of the molecule is CCCCC1CCC(C(=O)NC(CC)CCN)CC1. The van der Waals surface area contributed by atoms with Crippen LogP contribution in [0.5, 0.6) is 0 Å². The Morgan fingerprint density at radius 2 is 1.95 bits per heavy atom. The number of hydrogen-bond acceptors (Lipinski definition) is 2. The van der Waals surface area contributed by atoms with Crippen LogP contribution in [0.1, 0.15) is 71.6 Å². The molecule has 0 bridgehead atoms. The van der Waals surface area contributed by atoms with Crippen LogP contribution in [0.2, 0.25) is 0 Å². The maximum absolute atomic E-state index is 12.2. The lowest BCUT2D eigenvalue weighted by Gasteiger charge is -2.29. The molecule has 1 atom stereocenters. The van der Waals surface area contributed by atoms with Crippen LogP contribution in [0.3, 0.4) is 0 Å². The van der Waals surface area contributed by atoms with Crippen molar-refractivity contribution in [3.8, 4) is 0 Å². The Kier molecular flexibility index (Phi) is 8.11. The minimum atomic E-state index is 0.254. The van der Waals surface area contributed by atoms with Gasteiger partial charge in [0.05, 0.1) is 0 Å². The highest BCUT2D eigenvalue weighted by Gasteiger charge is 2.26. The van der Waals surface area contributed by atoms with Gasteiger partial charge in [-0.05, 0) is 51.0 Å². The number of carbonyl (C=O) groups excluding carboxylic acids is 1. The first-order valence-corrected chi connectivity index (χ1v) is 8.21. The molecule has 1 aliphatic rings. The molecule has 1 saturated carbocycles. The Morgan fingerprint density at radius 1 is 1.26 bits per heavy atom. The van der Waals surface area contributed by atoms with E-state index in [4.69, 9.17) is 5.73 Å². The molecule has 0 radical (unpaired) electrons. The van der Waals surface area contributed by atoms with Gasteiger partial charge in [-0.25, -0.2) is 0 Å². The van der Waals surface area contributed by atoms with Crippen molar-refractivity contribution in [2.45, 2.75) is 77.7 Å². The van der Waals surface area contributed by atoms with Crippen molar-refractivity contribution in [2.75, 3.05) is 6.54 Å². The molecule has 19 heavy (non-hydrogen) atoms. The third-order valence-electron chi connectivity index (χ3n) is 4.54. The van der Waals surface area contributed by atoms with Crippen LogP contribution >= 0.6 is 0 Å². The zero-order chi connectivity index (χ0) is 14.1. The van der Waals surface area contributed by atoms with E-state index in [1.54, 1.807) is 0 Å². The van der Waals surface area contributed by atoms with E-state index in [2.05, 4.69) is 19.2 Å². The number of nitrogens with two attached hydrogens (primary N) is 1. The second-order valence-corrected chi connectivity index (χ2v) is 6.05. The number of hydrogen-bond donors (Lipinski definition) is 2. The summed E-state index contributed by atoms with van der Waals surface area (Å²) >= 11 is 0. The van der Waals surface area contributed by atoms with Crippen molar-refractivity contribution in [1.29, 1.82) is 0 Å².